The van der Waals surface area contributed by atoms with Crippen molar-refractivity contribution in [3.8, 4) is 17.2 Å². The van der Waals surface area contributed by atoms with Crippen molar-refractivity contribution in [1.29, 1.82) is 0 Å². The van der Waals surface area contributed by atoms with Crippen LogP contribution in [0, 0.1) is 0 Å². The molecule has 2 heterocycles. The Bertz CT molecular complexity index is 1330. The monoisotopic (exact) mass is 484 g/mol. The first kappa shape index (κ1) is 23.2. The molecule has 3 aromatic rings. The number of Topliss-reactive ketones (excluding diaryl/α,β-unsaturated/α-hetero) is 1. The summed E-state index contributed by atoms with van der Waals surface area (Å²) in [4.78, 5) is 37.3. The van der Waals surface area contributed by atoms with Crippen molar-refractivity contribution in [2.45, 2.75) is 6.54 Å². The van der Waals surface area contributed by atoms with Crippen LogP contribution in [0.1, 0.15) is 15.9 Å². The van der Waals surface area contributed by atoms with Gasteiger partial charge in [0.1, 0.15) is 6.61 Å². The largest absolute Gasteiger partial charge is 0.493 e. The molecule has 0 saturated carbocycles. The summed E-state index contributed by atoms with van der Waals surface area (Å²) >= 11 is 6.00. The van der Waals surface area contributed by atoms with Crippen LogP contribution in [-0.4, -0.2) is 50.2 Å². The van der Waals surface area contributed by atoms with E-state index in [4.69, 9.17) is 30.5 Å². The molecule has 10 heteroatoms. The Labute approximate surface area is 199 Å². The van der Waals surface area contributed by atoms with Crippen molar-refractivity contribution in [2.24, 2.45) is 0 Å². The molecule has 1 aromatic heterocycles. The van der Waals surface area contributed by atoms with Crippen molar-refractivity contribution in [2.75, 3.05) is 27.9 Å². The molecule has 1 N–H and O–H groups in total. The van der Waals surface area contributed by atoms with Gasteiger partial charge in [-0.25, -0.2) is 4.79 Å². The summed E-state index contributed by atoms with van der Waals surface area (Å²) in [6.07, 6.45) is 2.71. The van der Waals surface area contributed by atoms with Gasteiger partial charge in [-0.1, -0.05) is 23.7 Å². The number of carbonyl (C=O) groups is 3. The van der Waals surface area contributed by atoms with Gasteiger partial charge in [-0.3, -0.25) is 9.59 Å². The summed E-state index contributed by atoms with van der Waals surface area (Å²) in [6, 6.07) is 8.98. The second-order valence-electron chi connectivity index (χ2n) is 7.40. The topological polar surface area (TPSA) is 105 Å². The summed E-state index contributed by atoms with van der Waals surface area (Å²) < 4.78 is 23.1. The number of aromatic nitrogens is 1. The number of hydrogen-bond donors (Lipinski definition) is 1. The van der Waals surface area contributed by atoms with Crippen molar-refractivity contribution in [3.63, 3.8) is 0 Å². The fourth-order valence-corrected chi connectivity index (χ4v) is 3.91. The highest BCUT2D eigenvalue weighted by molar-refractivity contribution is 6.45. The van der Waals surface area contributed by atoms with Crippen molar-refractivity contribution < 1.29 is 33.3 Å². The van der Waals surface area contributed by atoms with E-state index in [1.54, 1.807) is 24.4 Å². The molecule has 0 unspecified atom stereocenters. The van der Waals surface area contributed by atoms with Gasteiger partial charge in [0.15, 0.2) is 11.5 Å². The number of nitrogens with one attached hydrogen (secondary N) is 1. The molecule has 0 bridgehead atoms. The molecule has 34 heavy (non-hydrogen) atoms. The minimum absolute atomic E-state index is 0.102. The Hall–Kier alpha value is -3.98. The van der Waals surface area contributed by atoms with E-state index < -0.39 is 17.7 Å². The zero-order valence-corrected chi connectivity index (χ0v) is 19.4. The zero-order chi connectivity index (χ0) is 24.4. The molecule has 0 saturated heterocycles. The van der Waals surface area contributed by atoms with E-state index in [9.17, 15) is 14.4 Å². The molecule has 0 aliphatic carbocycles. The van der Waals surface area contributed by atoms with Gasteiger partial charge in [-0.2, -0.15) is 0 Å². The van der Waals surface area contributed by atoms with Crippen LogP contribution >= 0.6 is 11.6 Å². The number of methoxy groups -OCH3 is 3. The van der Waals surface area contributed by atoms with Crippen LogP contribution < -0.4 is 19.5 Å². The Balaban J connectivity index is 1.84. The number of fused-ring (bicyclic) bond motifs is 1. The SMILES string of the molecule is COc1cc2c(c(C(=O)C(=O)NC3=CC(=O)OC3)cn2Cc2ccc(Cl)cc2)c(OC)c1OC. The number of amides is 1. The second kappa shape index (κ2) is 9.48. The smallest absolute Gasteiger partial charge is 0.333 e. The number of halogens is 1. The van der Waals surface area contributed by atoms with Gasteiger partial charge in [-0.15, -0.1) is 0 Å². The number of carbonyl (C=O) groups excluding carboxylic acids is 3. The molecular formula is C24H21ClN2O7. The maximum absolute atomic E-state index is 13.2. The summed E-state index contributed by atoms with van der Waals surface area (Å²) in [5, 5.41) is 3.43. The minimum Gasteiger partial charge on any atom is -0.493 e. The number of rotatable bonds is 8. The third-order valence-electron chi connectivity index (χ3n) is 5.33. The fourth-order valence-electron chi connectivity index (χ4n) is 3.78. The average Bonchev–Trinajstić information content (AvgIpc) is 3.41. The van der Waals surface area contributed by atoms with Crippen LogP contribution in [0.25, 0.3) is 10.9 Å². The predicted octanol–water partition coefficient (Wildman–Crippen LogP) is 3.11. The van der Waals surface area contributed by atoms with E-state index in [0.717, 1.165) is 11.6 Å². The third kappa shape index (κ3) is 4.29. The highest BCUT2D eigenvalue weighted by Gasteiger charge is 2.29. The van der Waals surface area contributed by atoms with Crippen LogP contribution in [0.2, 0.25) is 5.02 Å². The number of benzene rings is 2. The number of hydrogen-bond acceptors (Lipinski definition) is 7. The third-order valence-corrected chi connectivity index (χ3v) is 5.58. The van der Waals surface area contributed by atoms with Crippen molar-refractivity contribution >= 4 is 40.2 Å². The lowest BCUT2D eigenvalue weighted by Gasteiger charge is -2.15. The maximum Gasteiger partial charge on any atom is 0.333 e. The van der Waals surface area contributed by atoms with Crippen LogP contribution in [0.4, 0.5) is 0 Å². The van der Waals surface area contributed by atoms with Gasteiger partial charge in [0.05, 0.1) is 43.5 Å². The number of ketones is 1. The van der Waals surface area contributed by atoms with E-state index in [2.05, 4.69) is 5.32 Å². The van der Waals surface area contributed by atoms with Crippen LogP contribution in [0.3, 0.4) is 0 Å². The van der Waals surface area contributed by atoms with Crippen molar-refractivity contribution in [3.05, 3.63) is 64.5 Å². The molecule has 0 spiro atoms. The van der Waals surface area contributed by atoms with Gasteiger partial charge >= 0.3 is 5.97 Å². The first-order valence-corrected chi connectivity index (χ1v) is 10.5. The molecule has 1 aliphatic rings. The molecule has 0 fully saturated rings. The Morgan fingerprint density at radius 1 is 1.09 bits per heavy atom. The summed E-state index contributed by atoms with van der Waals surface area (Å²) in [5.41, 5.74) is 1.83. The minimum atomic E-state index is -0.910. The number of ether oxygens (including phenoxy) is 4. The molecule has 176 valence electrons. The molecule has 9 nitrogen and oxygen atoms in total. The Morgan fingerprint density at radius 2 is 1.79 bits per heavy atom. The number of cyclic esters (lactones) is 1. The molecular weight excluding hydrogens is 464 g/mol. The van der Waals surface area contributed by atoms with E-state index >= 15 is 0 Å². The van der Waals surface area contributed by atoms with Crippen LogP contribution in [0.5, 0.6) is 17.2 Å². The first-order chi connectivity index (χ1) is 16.4. The number of nitrogens with zero attached hydrogens (tertiary/aromatic N) is 1. The Morgan fingerprint density at radius 3 is 2.38 bits per heavy atom. The van der Waals surface area contributed by atoms with Gasteiger partial charge in [0, 0.05) is 29.9 Å². The molecule has 2 aromatic carbocycles. The lowest BCUT2D eigenvalue weighted by Crippen LogP contribution is -2.31. The van der Waals surface area contributed by atoms with E-state index in [-0.39, 0.29) is 29.4 Å². The highest BCUT2D eigenvalue weighted by atomic mass is 35.5. The first-order valence-electron chi connectivity index (χ1n) is 10.2. The highest BCUT2D eigenvalue weighted by Crippen LogP contribution is 2.45. The van der Waals surface area contributed by atoms with Gasteiger partial charge in [-0.05, 0) is 17.7 Å². The molecule has 4 rings (SSSR count). The quantitative estimate of drug-likeness (QED) is 0.297. The molecule has 1 aliphatic heterocycles. The van der Waals surface area contributed by atoms with E-state index in [0.29, 0.717) is 28.2 Å². The summed E-state index contributed by atoms with van der Waals surface area (Å²) in [5.74, 6) is -1.37. The lowest BCUT2D eigenvalue weighted by atomic mass is 10.1. The second-order valence-corrected chi connectivity index (χ2v) is 7.83. The maximum atomic E-state index is 13.2. The number of esters is 1. The van der Waals surface area contributed by atoms with Gasteiger partial charge in [0.25, 0.3) is 11.7 Å². The van der Waals surface area contributed by atoms with Crippen molar-refractivity contribution in [1.82, 2.24) is 9.88 Å². The molecule has 0 atom stereocenters. The Kier molecular flexibility index (Phi) is 6.47. The van der Waals surface area contributed by atoms with Crippen LogP contribution in [-0.2, 0) is 20.9 Å². The fraction of sp³-hybridized carbons (Fsp3) is 0.208. The van der Waals surface area contributed by atoms with E-state index in [1.807, 2.05) is 16.7 Å². The zero-order valence-electron chi connectivity index (χ0n) is 18.6. The van der Waals surface area contributed by atoms with Gasteiger partial charge in [0.2, 0.25) is 5.75 Å². The van der Waals surface area contributed by atoms with E-state index in [1.165, 1.54) is 21.3 Å². The average molecular weight is 485 g/mol. The summed E-state index contributed by atoms with van der Waals surface area (Å²) in [6.45, 7) is 0.277. The predicted molar refractivity (Wildman–Crippen MR) is 124 cm³/mol. The summed E-state index contributed by atoms with van der Waals surface area (Å²) in [7, 11) is 4.39. The lowest BCUT2D eigenvalue weighted by molar-refractivity contribution is -0.135. The standard InChI is InChI=1S/C24H21ClN2O7/c1-31-18-9-17-20(23(33-3)22(18)32-2)16(11-27(17)10-13-4-6-14(25)7-5-13)21(29)24(30)26-15-8-19(28)34-12-15/h4-9,11H,10,12H2,1-3H3,(H,26,30). The molecule has 1 amide bonds. The van der Waals surface area contributed by atoms with Gasteiger partial charge < -0.3 is 28.8 Å². The normalized spacial score (nSPS) is 12.8. The molecule has 0 radical (unpaired) electrons. The van der Waals surface area contributed by atoms with Crippen LogP contribution in [0.15, 0.2) is 48.3 Å².